The number of rotatable bonds is 6. The maximum atomic E-state index is 12.2. The van der Waals surface area contributed by atoms with Gasteiger partial charge in [-0.2, -0.15) is 0 Å². The van der Waals surface area contributed by atoms with E-state index >= 15 is 0 Å². The second kappa shape index (κ2) is 7.90. The molecule has 0 aromatic heterocycles. The maximum Gasteiger partial charge on any atom is 0.234 e. The lowest BCUT2D eigenvalue weighted by Gasteiger charge is -2.36. The van der Waals surface area contributed by atoms with E-state index in [1.54, 1.807) is 0 Å². The lowest BCUT2D eigenvalue weighted by molar-refractivity contribution is -0.124. The summed E-state index contributed by atoms with van der Waals surface area (Å²) in [5, 5.41) is 13.2. The Hall–Kier alpha value is -1.43. The highest BCUT2D eigenvalue weighted by Gasteiger charge is 2.29. The fourth-order valence-electron chi connectivity index (χ4n) is 3.20. The molecule has 0 spiro atoms. The molecule has 128 valence electrons. The van der Waals surface area contributed by atoms with Crippen molar-refractivity contribution in [2.24, 2.45) is 0 Å². The quantitative estimate of drug-likeness (QED) is 0.829. The number of β-amino-alcohol motifs (C(OH)–C–C–N with tert-alkyl or cyclic N) is 1. The molecule has 1 aromatic carbocycles. The van der Waals surface area contributed by atoms with E-state index in [9.17, 15) is 9.90 Å². The van der Waals surface area contributed by atoms with Gasteiger partial charge in [0.2, 0.25) is 5.91 Å². The van der Waals surface area contributed by atoms with E-state index in [4.69, 9.17) is 0 Å². The van der Waals surface area contributed by atoms with Crippen LogP contribution in [0.1, 0.15) is 31.4 Å². The monoisotopic (exact) mass is 319 g/mol. The number of nitrogens with zero attached hydrogens (tertiary/aromatic N) is 2. The summed E-state index contributed by atoms with van der Waals surface area (Å²) < 4.78 is 0. The molecule has 0 aliphatic carbocycles. The third-order valence-corrected chi connectivity index (χ3v) is 4.42. The van der Waals surface area contributed by atoms with Crippen LogP contribution in [-0.2, 0) is 4.79 Å². The molecule has 5 heteroatoms. The predicted octanol–water partition coefficient (Wildman–Crippen LogP) is 1.25. The molecule has 2 N–H and O–H groups in total. The number of likely N-dealkylation sites (N-methyl/N-ethyl adjacent to an activating group) is 1. The molecule has 1 amide bonds. The van der Waals surface area contributed by atoms with Crippen molar-refractivity contribution in [3.8, 4) is 0 Å². The van der Waals surface area contributed by atoms with Crippen LogP contribution in [0.3, 0.4) is 0 Å². The van der Waals surface area contributed by atoms with E-state index in [0.29, 0.717) is 19.6 Å². The van der Waals surface area contributed by atoms with Crippen LogP contribution in [0.5, 0.6) is 0 Å². The van der Waals surface area contributed by atoms with Crippen LogP contribution < -0.4 is 5.32 Å². The molecule has 1 aliphatic rings. The van der Waals surface area contributed by atoms with Crippen molar-refractivity contribution in [1.29, 1.82) is 0 Å². The van der Waals surface area contributed by atoms with Crippen LogP contribution >= 0.6 is 0 Å². The van der Waals surface area contributed by atoms with Gasteiger partial charge in [-0.3, -0.25) is 9.69 Å². The fourth-order valence-corrected chi connectivity index (χ4v) is 3.20. The zero-order valence-electron chi connectivity index (χ0n) is 14.5. The first-order chi connectivity index (χ1) is 10.9. The number of benzene rings is 1. The lowest BCUT2D eigenvalue weighted by Crippen LogP contribution is -2.49. The van der Waals surface area contributed by atoms with Crippen molar-refractivity contribution in [2.45, 2.75) is 31.4 Å². The zero-order chi connectivity index (χ0) is 16.9. The highest BCUT2D eigenvalue weighted by atomic mass is 16.3. The Morgan fingerprint density at radius 3 is 2.70 bits per heavy atom. The molecule has 0 radical (unpaired) electrons. The van der Waals surface area contributed by atoms with Gasteiger partial charge >= 0.3 is 0 Å². The second-order valence-electron chi connectivity index (χ2n) is 7.01. The Bertz CT molecular complexity index is 502. The topological polar surface area (TPSA) is 55.8 Å². The number of aliphatic hydroxyl groups is 1. The molecule has 1 aliphatic heterocycles. The Labute approximate surface area is 139 Å². The van der Waals surface area contributed by atoms with Gasteiger partial charge in [0.15, 0.2) is 0 Å². The molecule has 0 bridgehead atoms. The highest BCUT2D eigenvalue weighted by Crippen LogP contribution is 2.20. The first-order valence-corrected chi connectivity index (χ1v) is 8.30. The van der Waals surface area contributed by atoms with E-state index in [1.807, 2.05) is 44.1 Å². The predicted molar refractivity (Wildman–Crippen MR) is 92.2 cm³/mol. The Morgan fingerprint density at radius 2 is 2.09 bits per heavy atom. The van der Waals surface area contributed by atoms with Gasteiger partial charge in [-0.25, -0.2) is 0 Å². The van der Waals surface area contributed by atoms with Crippen molar-refractivity contribution in [3.63, 3.8) is 0 Å². The third-order valence-electron chi connectivity index (χ3n) is 4.42. The minimum absolute atomic E-state index is 0.0190. The average molecular weight is 319 g/mol. The van der Waals surface area contributed by atoms with E-state index in [0.717, 1.165) is 19.4 Å². The van der Waals surface area contributed by atoms with Gasteiger partial charge in [0.05, 0.1) is 18.2 Å². The number of piperidine rings is 1. The molecule has 1 heterocycles. The van der Waals surface area contributed by atoms with Gasteiger partial charge in [-0.1, -0.05) is 30.3 Å². The first-order valence-electron chi connectivity index (χ1n) is 8.30. The lowest BCUT2D eigenvalue weighted by atomic mass is 9.95. The SMILES string of the molecule is CN(C)[C@H](CNC(=O)CN1CCC[C@](C)(O)C1)c1ccccc1. The number of nitrogens with one attached hydrogen (secondary N) is 1. The van der Waals surface area contributed by atoms with Crippen LogP contribution in [0, 0.1) is 0 Å². The van der Waals surface area contributed by atoms with Crippen molar-refractivity contribution < 1.29 is 9.90 Å². The Kier molecular flexibility index (Phi) is 6.16. The van der Waals surface area contributed by atoms with Crippen LogP contribution in [-0.4, -0.2) is 66.7 Å². The van der Waals surface area contributed by atoms with E-state index in [1.165, 1.54) is 5.56 Å². The third kappa shape index (κ3) is 5.61. The summed E-state index contributed by atoms with van der Waals surface area (Å²) >= 11 is 0. The maximum absolute atomic E-state index is 12.2. The minimum Gasteiger partial charge on any atom is -0.389 e. The van der Waals surface area contributed by atoms with Crippen LogP contribution in [0.25, 0.3) is 0 Å². The van der Waals surface area contributed by atoms with Crippen molar-refractivity contribution in [3.05, 3.63) is 35.9 Å². The van der Waals surface area contributed by atoms with Crippen molar-refractivity contribution >= 4 is 5.91 Å². The van der Waals surface area contributed by atoms with Crippen LogP contribution in [0.4, 0.5) is 0 Å². The summed E-state index contributed by atoms with van der Waals surface area (Å²) in [4.78, 5) is 16.4. The largest absolute Gasteiger partial charge is 0.389 e. The summed E-state index contributed by atoms with van der Waals surface area (Å²) in [5.74, 6) is 0.0190. The summed E-state index contributed by atoms with van der Waals surface area (Å²) in [5.41, 5.74) is 0.521. The van der Waals surface area contributed by atoms with Gasteiger partial charge in [0.25, 0.3) is 0 Å². The molecule has 1 aromatic rings. The molecule has 1 saturated heterocycles. The number of likely N-dealkylation sites (tertiary alicyclic amines) is 1. The Balaban J connectivity index is 1.85. The molecule has 2 rings (SSSR count). The minimum atomic E-state index is -0.672. The first kappa shape index (κ1) is 17.9. The molecule has 23 heavy (non-hydrogen) atoms. The van der Waals surface area contributed by atoms with Gasteiger partial charge in [-0.15, -0.1) is 0 Å². The number of amides is 1. The van der Waals surface area contributed by atoms with Gasteiger partial charge < -0.3 is 15.3 Å². The fraction of sp³-hybridized carbons (Fsp3) is 0.611. The number of carbonyl (C=O) groups excluding carboxylic acids is 1. The van der Waals surface area contributed by atoms with Gasteiger partial charge in [-0.05, 0) is 46.0 Å². The number of hydrogen-bond donors (Lipinski definition) is 2. The standard InChI is InChI=1S/C18H29N3O2/c1-18(23)10-7-11-21(14-18)13-17(22)19-12-16(20(2)3)15-8-5-4-6-9-15/h4-6,8-9,16,23H,7,10-14H2,1-3H3,(H,19,22)/t16-,18+/m1/s1. The zero-order valence-corrected chi connectivity index (χ0v) is 14.5. The van der Waals surface area contributed by atoms with Crippen LogP contribution in [0.15, 0.2) is 30.3 Å². The second-order valence-corrected chi connectivity index (χ2v) is 7.01. The van der Waals surface area contributed by atoms with Crippen molar-refractivity contribution in [1.82, 2.24) is 15.1 Å². The smallest absolute Gasteiger partial charge is 0.234 e. The molecular formula is C18H29N3O2. The average Bonchev–Trinajstić information content (AvgIpc) is 2.47. The number of hydrogen-bond acceptors (Lipinski definition) is 4. The summed E-state index contributed by atoms with van der Waals surface area (Å²) in [6.45, 7) is 4.22. The van der Waals surface area contributed by atoms with E-state index < -0.39 is 5.60 Å². The molecule has 5 nitrogen and oxygen atoms in total. The molecule has 1 fully saturated rings. The Morgan fingerprint density at radius 1 is 1.39 bits per heavy atom. The number of carbonyl (C=O) groups is 1. The van der Waals surface area contributed by atoms with Gasteiger partial charge in [0, 0.05) is 13.1 Å². The van der Waals surface area contributed by atoms with Gasteiger partial charge in [0.1, 0.15) is 0 Å². The van der Waals surface area contributed by atoms with E-state index in [-0.39, 0.29) is 11.9 Å². The summed E-state index contributed by atoms with van der Waals surface area (Å²) in [6.07, 6.45) is 1.74. The molecule has 0 unspecified atom stereocenters. The van der Waals surface area contributed by atoms with Crippen molar-refractivity contribution in [2.75, 3.05) is 40.3 Å². The van der Waals surface area contributed by atoms with E-state index in [2.05, 4.69) is 22.3 Å². The summed E-state index contributed by atoms with van der Waals surface area (Å²) in [7, 11) is 4.04. The molecule has 0 saturated carbocycles. The normalized spacial score (nSPS) is 23.7. The molecule has 2 atom stereocenters. The summed E-state index contributed by atoms with van der Waals surface area (Å²) in [6, 6.07) is 10.4. The van der Waals surface area contributed by atoms with Crippen LogP contribution in [0.2, 0.25) is 0 Å². The highest BCUT2D eigenvalue weighted by molar-refractivity contribution is 5.78. The molecular weight excluding hydrogens is 290 g/mol.